The first-order valence-electron chi connectivity index (χ1n) is 5.34. The molecule has 0 aliphatic carbocycles. The zero-order valence-corrected chi connectivity index (χ0v) is 11.7. The van der Waals surface area contributed by atoms with E-state index in [9.17, 15) is 0 Å². The van der Waals surface area contributed by atoms with Gasteiger partial charge in [-0.1, -0.05) is 29.8 Å². The second-order valence-electron chi connectivity index (χ2n) is 3.56. The Morgan fingerprint density at radius 3 is 2.73 bits per heavy atom. The number of hydrogen-bond donors (Lipinski definition) is 1. The molecule has 0 amide bonds. The van der Waals surface area contributed by atoms with Crippen molar-refractivity contribution in [2.45, 2.75) is 37.6 Å². The van der Waals surface area contributed by atoms with Crippen LogP contribution in [0.25, 0.3) is 0 Å². The van der Waals surface area contributed by atoms with Crippen molar-refractivity contribution in [3.8, 4) is 0 Å². The highest BCUT2D eigenvalue weighted by Gasteiger charge is 2.07. The summed E-state index contributed by atoms with van der Waals surface area (Å²) < 4.78 is 1.14. The minimum atomic E-state index is 0.274. The molecule has 0 saturated heterocycles. The van der Waals surface area contributed by atoms with E-state index in [1.54, 1.807) is 0 Å². The van der Waals surface area contributed by atoms with Crippen LogP contribution in [0.4, 0.5) is 0 Å². The summed E-state index contributed by atoms with van der Waals surface area (Å²) in [5.74, 6) is 1.11. The lowest BCUT2D eigenvalue weighted by Crippen LogP contribution is -2.21. The molecule has 0 bridgehead atoms. The maximum Gasteiger partial charge on any atom is 0.0178 e. The lowest BCUT2D eigenvalue weighted by atomic mass is 10.1. The van der Waals surface area contributed by atoms with Gasteiger partial charge in [0.05, 0.1) is 0 Å². The van der Waals surface area contributed by atoms with Gasteiger partial charge >= 0.3 is 0 Å². The number of nitrogens with two attached hydrogens (primary N) is 1. The Bertz CT molecular complexity index is 314. The Kier molecular flexibility index (Phi) is 5.72. The summed E-state index contributed by atoms with van der Waals surface area (Å²) >= 11 is 5.40. The SMILES string of the molecule is CCSc1ccc(Br)cc1CC(N)CC. The molecule has 1 aromatic rings. The molecule has 0 aliphatic heterocycles. The Hall–Kier alpha value is 0.01000. The van der Waals surface area contributed by atoms with Gasteiger partial charge in [-0.05, 0) is 42.4 Å². The largest absolute Gasteiger partial charge is 0.327 e. The van der Waals surface area contributed by atoms with Gasteiger partial charge in [-0.3, -0.25) is 0 Å². The third kappa shape index (κ3) is 4.17. The van der Waals surface area contributed by atoms with Gasteiger partial charge in [0.15, 0.2) is 0 Å². The predicted molar refractivity (Wildman–Crippen MR) is 72.5 cm³/mol. The second-order valence-corrected chi connectivity index (χ2v) is 5.78. The first-order chi connectivity index (χ1) is 7.17. The molecule has 1 atom stereocenters. The summed E-state index contributed by atoms with van der Waals surface area (Å²) in [6.45, 7) is 4.31. The molecule has 1 rings (SSSR count). The molecule has 0 saturated carbocycles. The van der Waals surface area contributed by atoms with Crippen molar-refractivity contribution in [2.75, 3.05) is 5.75 Å². The molecule has 1 unspecified atom stereocenters. The average molecular weight is 288 g/mol. The topological polar surface area (TPSA) is 26.0 Å². The summed E-state index contributed by atoms with van der Waals surface area (Å²) in [7, 11) is 0. The molecule has 0 aliphatic rings. The summed E-state index contributed by atoms with van der Waals surface area (Å²) in [5.41, 5.74) is 7.36. The lowest BCUT2D eigenvalue weighted by molar-refractivity contribution is 0.641. The van der Waals surface area contributed by atoms with E-state index >= 15 is 0 Å². The molecular weight excluding hydrogens is 270 g/mol. The normalized spacial score (nSPS) is 12.8. The molecule has 15 heavy (non-hydrogen) atoms. The monoisotopic (exact) mass is 287 g/mol. The number of halogens is 1. The standard InChI is InChI=1S/C12H18BrNS/c1-3-11(14)8-9-7-10(13)5-6-12(9)15-4-2/h5-7,11H,3-4,8,14H2,1-2H3. The van der Waals surface area contributed by atoms with Crippen LogP contribution in [0.1, 0.15) is 25.8 Å². The zero-order valence-electron chi connectivity index (χ0n) is 9.29. The smallest absolute Gasteiger partial charge is 0.0178 e. The minimum absolute atomic E-state index is 0.274. The molecule has 1 aromatic carbocycles. The summed E-state index contributed by atoms with van der Waals surface area (Å²) in [4.78, 5) is 1.37. The molecule has 3 heteroatoms. The van der Waals surface area contributed by atoms with Crippen molar-refractivity contribution in [3.05, 3.63) is 28.2 Å². The molecule has 84 valence electrons. The average Bonchev–Trinajstić information content (AvgIpc) is 2.22. The molecule has 0 heterocycles. The van der Waals surface area contributed by atoms with Crippen molar-refractivity contribution < 1.29 is 0 Å². The highest BCUT2D eigenvalue weighted by Crippen LogP contribution is 2.26. The Labute approximate surface area is 105 Å². The van der Waals surface area contributed by atoms with Gasteiger partial charge in [0.25, 0.3) is 0 Å². The fourth-order valence-corrected chi connectivity index (χ4v) is 2.64. The zero-order chi connectivity index (χ0) is 11.3. The number of rotatable bonds is 5. The van der Waals surface area contributed by atoms with Crippen LogP contribution >= 0.6 is 27.7 Å². The third-order valence-corrected chi connectivity index (χ3v) is 3.82. The quantitative estimate of drug-likeness (QED) is 0.833. The van der Waals surface area contributed by atoms with Gasteiger partial charge in [-0.25, -0.2) is 0 Å². The highest BCUT2D eigenvalue weighted by molar-refractivity contribution is 9.10. The van der Waals surface area contributed by atoms with E-state index in [0.29, 0.717) is 0 Å². The molecule has 0 fully saturated rings. The first kappa shape index (κ1) is 13.1. The van der Waals surface area contributed by atoms with Crippen molar-refractivity contribution in [1.82, 2.24) is 0 Å². The van der Waals surface area contributed by atoms with Gasteiger partial charge in [0.1, 0.15) is 0 Å². The van der Waals surface area contributed by atoms with E-state index < -0.39 is 0 Å². The van der Waals surface area contributed by atoms with Gasteiger partial charge in [0.2, 0.25) is 0 Å². The van der Waals surface area contributed by atoms with Gasteiger partial charge in [-0.2, -0.15) is 0 Å². The van der Waals surface area contributed by atoms with E-state index in [1.165, 1.54) is 10.5 Å². The fourth-order valence-electron chi connectivity index (χ4n) is 1.43. The van der Waals surface area contributed by atoms with Gasteiger partial charge < -0.3 is 5.73 Å². The summed E-state index contributed by atoms with van der Waals surface area (Å²) in [6.07, 6.45) is 2.00. The van der Waals surface area contributed by atoms with Crippen LogP contribution in [0, 0.1) is 0 Å². The van der Waals surface area contributed by atoms with Crippen LogP contribution in [-0.4, -0.2) is 11.8 Å². The fraction of sp³-hybridized carbons (Fsp3) is 0.500. The number of thioether (sulfide) groups is 1. The van der Waals surface area contributed by atoms with Crippen molar-refractivity contribution in [2.24, 2.45) is 5.73 Å². The lowest BCUT2D eigenvalue weighted by Gasteiger charge is -2.13. The third-order valence-electron chi connectivity index (χ3n) is 2.33. The van der Waals surface area contributed by atoms with Gasteiger partial charge in [0, 0.05) is 15.4 Å². The summed E-state index contributed by atoms with van der Waals surface area (Å²) in [5, 5.41) is 0. The Morgan fingerprint density at radius 1 is 1.40 bits per heavy atom. The first-order valence-corrected chi connectivity index (χ1v) is 7.12. The van der Waals surface area contributed by atoms with Crippen LogP contribution in [0.5, 0.6) is 0 Å². The van der Waals surface area contributed by atoms with Crippen molar-refractivity contribution in [1.29, 1.82) is 0 Å². The Morgan fingerprint density at radius 2 is 2.13 bits per heavy atom. The van der Waals surface area contributed by atoms with E-state index in [1.807, 2.05) is 11.8 Å². The molecule has 1 nitrogen and oxygen atoms in total. The van der Waals surface area contributed by atoms with Gasteiger partial charge in [-0.15, -0.1) is 11.8 Å². The summed E-state index contributed by atoms with van der Waals surface area (Å²) in [6, 6.07) is 6.73. The number of benzene rings is 1. The van der Waals surface area contributed by atoms with E-state index in [2.05, 4.69) is 48.0 Å². The van der Waals surface area contributed by atoms with Crippen molar-refractivity contribution >= 4 is 27.7 Å². The highest BCUT2D eigenvalue weighted by atomic mass is 79.9. The van der Waals surface area contributed by atoms with Crippen LogP contribution in [-0.2, 0) is 6.42 Å². The molecule has 0 aromatic heterocycles. The van der Waals surface area contributed by atoms with E-state index in [4.69, 9.17) is 5.73 Å². The molecule has 0 radical (unpaired) electrons. The Balaban J connectivity index is 2.86. The molecule has 0 spiro atoms. The van der Waals surface area contributed by atoms with Crippen LogP contribution in [0.3, 0.4) is 0 Å². The molecular formula is C12H18BrNS. The maximum absolute atomic E-state index is 6.00. The van der Waals surface area contributed by atoms with E-state index in [-0.39, 0.29) is 6.04 Å². The van der Waals surface area contributed by atoms with E-state index in [0.717, 1.165) is 23.1 Å². The van der Waals surface area contributed by atoms with Crippen molar-refractivity contribution in [3.63, 3.8) is 0 Å². The number of hydrogen-bond acceptors (Lipinski definition) is 2. The predicted octanol–water partition coefficient (Wildman–Crippen LogP) is 3.84. The van der Waals surface area contributed by atoms with Crippen LogP contribution in [0.15, 0.2) is 27.6 Å². The van der Waals surface area contributed by atoms with Crippen LogP contribution < -0.4 is 5.73 Å². The second kappa shape index (κ2) is 6.56. The minimum Gasteiger partial charge on any atom is -0.327 e. The maximum atomic E-state index is 6.00. The molecule has 2 N–H and O–H groups in total. The van der Waals surface area contributed by atoms with Crippen LogP contribution in [0.2, 0.25) is 0 Å².